The molecule has 21 heavy (non-hydrogen) atoms. The number of aromatic nitrogens is 2. The molecule has 0 saturated heterocycles. The van der Waals surface area contributed by atoms with Crippen LogP contribution < -0.4 is 5.32 Å². The molecule has 0 radical (unpaired) electrons. The number of rotatable bonds is 8. The molecule has 3 nitrogen and oxygen atoms in total. The summed E-state index contributed by atoms with van der Waals surface area (Å²) in [5, 5.41) is 7.91. The quantitative estimate of drug-likeness (QED) is 0.788. The molecule has 114 valence electrons. The van der Waals surface area contributed by atoms with Crippen LogP contribution in [-0.4, -0.2) is 16.1 Å². The lowest BCUT2D eigenvalue weighted by atomic mass is 10.00. The van der Waals surface area contributed by atoms with E-state index in [-0.39, 0.29) is 0 Å². The first kappa shape index (κ1) is 16.1. The highest BCUT2D eigenvalue weighted by atomic mass is 32.1. The van der Waals surface area contributed by atoms with Gasteiger partial charge in [-0.15, -0.1) is 5.10 Å². The highest BCUT2D eigenvalue weighted by Crippen LogP contribution is 2.29. The number of nitrogens with zero attached hydrogens (tertiary/aromatic N) is 2. The molecular formula is C17H25N3S. The molecule has 1 aromatic carbocycles. The Hall–Kier alpha value is -1.26. The van der Waals surface area contributed by atoms with Gasteiger partial charge in [0.1, 0.15) is 0 Å². The van der Waals surface area contributed by atoms with Crippen LogP contribution in [-0.2, 0) is 6.42 Å². The van der Waals surface area contributed by atoms with E-state index in [0.29, 0.717) is 12.0 Å². The van der Waals surface area contributed by atoms with E-state index in [0.717, 1.165) is 25.1 Å². The van der Waals surface area contributed by atoms with Gasteiger partial charge in [0.15, 0.2) is 0 Å². The molecule has 0 bridgehead atoms. The highest BCUT2D eigenvalue weighted by Gasteiger charge is 2.20. The van der Waals surface area contributed by atoms with E-state index in [2.05, 4.69) is 66.0 Å². The maximum atomic E-state index is 4.31. The summed E-state index contributed by atoms with van der Waals surface area (Å²) >= 11 is 1.55. The van der Waals surface area contributed by atoms with Crippen molar-refractivity contribution in [3.05, 3.63) is 46.5 Å². The fourth-order valence-electron chi connectivity index (χ4n) is 2.57. The largest absolute Gasteiger partial charge is 0.309 e. The first-order valence-electron chi connectivity index (χ1n) is 7.81. The lowest BCUT2D eigenvalue weighted by molar-refractivity contribution is 0.498. The molecule has 0 spiro atoms. The fraction of sp³-hybridized carbons (Fsp3) is 0.529. The third-order valence-corrected chi connectivity index (χ3v) is 4.51. The van der Waals surface area contributed by atoms with Gasteiger partial charge in [0.25, 0.3) is 0 Å². The Morgan fingerprint density at radius 1 is 1.19 bits per heavy atom. The zero-order valence-corrected chi connectivity index (χ0v) is 14.0. The van der Waals surface area contributed by atoms with Crippen molar-refractivity contribution in [2.24, 2.45) is 0 Å². The fourth-order valence-corrected chi connectivity index (χ4v) is 3.49. The van der Waals surface area contributed by atoms with Crippen LogP contribution in [0.3, 0.4) is 0 Å². The van der Waals surface area contributed by atoms with E-state index >= 15 is 0 Å². The Morgan fingerprint density at radius 3 is 2.62 bits per heavy atom. The van der Waals surface area contributed by atoms with Crippen molar-refractivity contribution >= 4 is 11.5 Å². The number of aryl methyl sites for hydroxylation is 1. The van der Waals surface area contributed by atoms with Crippen LogP contribution in [0.5, 0.6) is 0 Å². The van der Waals surface area contributed by atoms with Gasteiger partial charge in [-0.25, -0.2) is 0 Å². The van der Waals surface area contributed by atoms with Crippen molar-refractivity contribution in [1.29, 1.82) is 0 Å². The van der Waals surface area contributed by atoms with Crippen LogP contribution >= 0.6 is 11.5 Å². The summed E-state index contributed by atoms with van der Waals surface area (Å²) in [4.78, 5) is 1.32. The summed E-state index contributed by atoms with van der Waals surface area (Å²) in [5.74, 6) is 0.439. The summed E-state index contributed by atoms with van der Waals surface area (Å²) in [7, 11) is 0. The van der Waals surface area contributed by atoms with Gasteiger partial charge in [0, 0.05) is 6.04 Å². The van der Waals surface area contributed by atoms with E-state index in [4.69, 9.17) is 0 Å². The third-order valence-electron chi connectivity index (χ3n) is 3.66. The SMILES string of the molecule is CCNC(CCCc1ccccc1)c1snnc1C(C)C. The molecule has 0 aliphatic rings. The molecule has 0 amide bonds. The first-order valence-corrected chi connectivity index (χ1v) is 8.59. The van der Waals surface area contributed by atoms with E-state index < -0.39 is 0 Å². The highest BCUT2D eigenvalue weighted by molar-refractivity contribution is 7.05. The molecular weight excluding hydrogens is 278 g/mol. The zero-order valence-electron chi connectivity index (χ0n) is 13.2. The molecule has 1 aromatic heterocycles. The van der Waals surface area contributed by atoms with E-state index in [1.807, 2.05) is 0 Å². The van der Waals surface area contributed by atoms with Gasteiger partial charge < -0.3 is 5.32 Å². The molecule has 1 N–H and O–H groups in total. The summed E-state index contributed by atoms with van der Waals surface area (Å²) < 4.78 is 4.16. The average Bonchev–Trinajstić information content (AvgIpc) is 2.97. The number of nitrogens with one attached hydrogen (secondary N) is 1. The van der Waals surface area contributed by atoms with E-state index in [1.54, 1.807) is 11.5 Å². The molecule has 1 unspecified atom stereocenters. The van der Waals surface area contributed by atoms with E-state index in [9.17, 15) is 0 Å². The van der Waals surface area contributed by atoms with Gasteiger partial charge in [-0.05, 0) is 48.8 Å². The zero-order chi connectivity index (χ0) is 15.1. The van der Waals surface area contributed by atoms with Crippen LogP contribution in [0.25, 0.3) is 0 Å². The third kappa shape index (κ3) is 4.61. The summed E-state index contributed by atoms with van der Waals surface area (Å²) in [5.41, 5.74) is 2.57. The molecule has 0 saturated carbocycles. The van der Waals surface area contributed by atoms with Crippen LogP contribution in [0.1, 0.15) is 61.7 Å². The number of benzene rings is 1. The van der Waals surface area contributed by atoms with Crippen LogP contribution in [0.4, 0.5) is 0 Å². The summed E-state index contributed by atoms with van der Waals surface area (Å²) in [6.45, 7) is 7.51. The number of hydrogen-bond acceptors (Lipinski definition) is 4. The number of hydrogen-bond donors (Lipinski definition) is 1. The Kier molecular flexibility index (Phi) is 6.33. The predicted octanol–water partition coefficient (Wildman–Crippen LogP) is 4.34. The molecule has 2 rings (SSSR count). The van der Waals surface area contributed by atoms with Crippen molar-refractivity contribution in [3.8, 4) is 0 Å². The second-order valence-electron chi connectivity index (χ2n) is 5.67. The Labute approximate surface area is 132 Å². The van der Waals surface area contributed by atoms with Crippen molar-refractivity contribution in [3.63, 3.8) is 0 Å². The second kappa shape index (κ2) is 8.25. The van der Waals surface area contributed by atoms with Crippen LogP contribution in [0.2, 0.25) is 0 Å². The van der Waals surface area contributed by atoms with Crippen molar-refractivity contribution in [1.82, 2.24) is 14.9 Å². The Bertz CT molecular complexity index is 522. The lowest BCUT2D eigenvalue weighted by Crippen LogP contribution is -2.21. The first-order chi connectivity index (χ1) is 10.2. The van der Waals surface area contributed by atoms with Crippen LogP contribution in [0.15, 0.2) is 30.3 Å². The minimum absolute atomic E-state index is 0.385. The van der Waals surface area contributed by atoms with Crippen molar-refractivity contribution in [2.45, 2.75) is 52.0 Å². The van der Waals surface area contributed by atoms with Gasteiger partial charge in [-0.1, -0.05) is 55.6 Å². The Morgan fingerprint density at radius 2 is 1.95 bits per heavy atom. The van der Waals surface area contributed by atoms with Crippen LogP contribution in [0, 0.1) is 0 Å². The van der Waals surface area contributed by atoms with Gasteiger partial charge in [0.2, 0.25) is 0 Å². The smallest absolute Gasteiger partial charge is 0.0829 e. The van der Waals surface area contributed by atoms with Crippen molar-refractivity contribution < 1.29 is 0 Å². The minimum Gasteiger partial charge on any atom is -0.309 e. The summed E-state index contributed by atoms with van der Waals surface area (Å²) in [6, 6.07) is 11.1. The normalized spacial score (nSPS) is 12.8. The molecule has 4 heteroatoms. The lowest BCUT2D eigenvalue weighted by Gasteiger charge is -2.18. The van der Waals surface area contributed by atoms with Gasteiger partial charge >= 0.3 is 0 Å². The maximum absolute atomic E-state index is 4.31. The Balaban J connectivity index is 1.97. The molecule has 2 aromatic rings. The van der Waals surface area contributed by atoms with Gasteiger partial charge in [-0.3, -0.25) is 0 Å². The average molecular weight is 303 g/mol. The van der Waals surface area contributed by atoms with Gasteiger partial charge in [-0.2, -0.15) is 0 Å². The molecule has 0 aliphatic carbocycles. The summed E-state index contributed by atoms with van der Waals surface area (Å²) in [6.07, 6.45) is 3.44. The van der Waals surface area contributed by atoms with Gasteiger partial charge in [0.05, 0.1) is 10.6 Å². The topological polar surface area (TPSA) is 37.8 Å². The second-order valence-corrected chi connectivity index (χ2v) is 6.45. The molecule has 1 atom stereocenters. The minimum atomic E-state index is 0.385. The molecule has 1 heterocycles. The monoisotopic (exact) mass is 303 g/mol. The molecule has 0 fully saturated rings. The standard InChI is InChI=1S/C17H25N3S/c1-4-18-15(17-16(13(2)3)19-20-21-17)12-8-11-14-9-6-5-7-10-14/h5-7,9-10,13,15,18H,4,8,11-12H2,1-3H3. The maximum Gasteiger partial charge on any atom is 0.0829 e. The predicted molar refractivity (Wildman–Crippen MR) is 89.8 cm³/mol. The van der Waals surface area contributed by atoms with Crippen molar-refractivity contribution in [2.75, 3.05) is 6.54 Å². The van der Waals surface area contributed by atoms with E-state index in [1.165, 1.54) is 16.9 Å². The molecule has 0 aliphatic heterocycles.